The van der Waals surface area contributed by atoms with E-state index in [0.717, 1.165) is 0 Å². The Hall–Kier alpha value is -1.58. The fourth-order valence-corrected chi connectivity index (χ4v) is 0.783. The third-order valence-electron chi connectivity index (χ3n) is 1.37. The largest absolute Gasteiger partial charge is 0.466 e. The normalized spacial score (nSPS) is 11.3. The zero-order valence-electron chi connectivity index (χ0n) is 7.02. The number of carbonyl (C=O) groups excluding carboxylic acids is 1. The zero-order valence-corrected chi connectivity index (χ0v) is 7.02. The predicted molar refractivity (Wildman–Crippen MR) is 44.2 cm³/mol. The number of carbonyl (C=O) groups is 1. The first-order valence-electron chi connectivity index (χ1n) is 3.48. The molecular formula is C8H10N2O2. The summed E-state index contributed by atoms with van der Waals surface area (Å²) in [6, 6.07) is 0. The van der Waals surface area contributed by atoms with Gasteiger partial charge in [0.25, 0.3) is 0 Å². The van der Waals surface area contributed by atoms with E-state index in [1.165, 1.54) is 7.11 Å². The summed E-state index contributed by atoms with van der Waals surface area (Å²) >= 11 is 0. The van der Waals surface area contributed by atoms with Gasteiger partial charge in [0, 0.05) is 18.6 Å². The summed E-state index contributed by atoms with van der Waals surface area (Å²) in [4.78, 5) is 14.7. The van der Waals surface area contributed by atoms with Gasteiger partial charge < -0.3 is 9.30 Å². The molecule has 0 saturated carbocycles. The van der Waals surface area contributed by atoms with Crippen molar-refractivity contribution in [2.75, 3.05) is 7.11 Å². The van der Waals surface area contributed by atoms with Crippen LogP contribution >= 0.6 is 0 Å². The standard InChI is InChI=1S/C8H10N2O2/c1-7(8(11)12-2)5-10-4-3-9-6-10/h3-6H,1-2H3/b7-5+. The second-order valence-corrected chi connectivity index (χ2v) is 2.31. The highest BCUT2D eigenvalue weighted by Gasteiger charge is 2.01. The molecule has 1 aromatic heterocycles. The Morgan fingerprint density at radius 3 is 2.92 bits per heavy atom. The monoisotopic (exact) mass is 166 g/mol. The Morgan fingerprint density at radius 2 is 2.42 bits per heavy atom. The van der Waals surface area contributed by atoms with E-state index in [1.807, 2.05) is 0 Å². The minimum atomic E-state index is -0.330. The fraction of sp³-hybridized carbons (Fsp3) is 0.250. The van der Waals surface area contributed by atoms with Crippen molar-refractivity contribution in [3.05, 3.63) is 24.3 Å². The van der Waals surface area contributed by atoms with Crippen molar-refractivity contribution >= 4 is 12.2 Å². The third-order valence-corrected chi connectivity index (χ3v) is 1.37. The molecule has 1 heterocycles. The Kier molecular flexibility index (Phi) is 2.63. The number of aromatic nitrogens is 2. The molecule has 12 heavy (non-hydrogen) atoms. The highest BCUT2D eigenvalue weighted by Crippen LogP contribution is 1.98. The first kappa shape index (κ1) is 8.52. The van der Waals surface area contributed by atoms with Gasteiger partial charge in [-0.2, -0.15) is 0 Å². The highest BCUT2D eigenvalue weighted by molar-refractivity contribution is 5.90. The van der Waals surface area contributed by atoms with Crippen LogP contribution in [0.3, 0.4) is 0 Å². The van der Waals surface area contributed by atoms with E-state index in [-0.39, 0.29) is 5.97 Å². The maximum absolute atomic E-state index is 10.9. The van der Waals surface area contributed by atoms with Crippen LogP contribution in [0.1, 0.15) is 6.92 Å². The van der Waals surface area contributed by atoms with Crippen molar-refractivity contribution in [1.82, 2.24) is 9.55 Å². The summed E-state index contributed by atoms with van der Waals surface area (Å²) in [6.07, 6.45) is 6.64. The number of ether oxygens (including phenoxy) is 1. The van der Waals surface area contributed by atoms with E-state index in [2.05, 4.69) is 9.72 Å². The van der Waals surface area contributed by atoms with Gasteiger partial charge in [0.15, 0.2) is 0 Å². The number of hydrogen-bond donors (Lipinski definition) is 0. The molecule has 0 bridgehead atoms. The van der Waals surface area contributed by atoms with Crippen molar-refractivity contribution in [3.63, 3.8) is 0 Å². The number of rotatable bonds is 2. The minimum Gasteiger partial charge on any atom is -0.466 e. The molecule has 0 aliphatic rings. The molecule has 0 atom stereocenters. The molecule has 64 valence electrons. The van der Waals surface area contributed by atoms with Gasteiger partial charge in [-0.15, -0.1) is 0 Å². The Labute approximate surface area is 70.5 Å². The lowest BCUT2D eigenvalue weighted by Gasteiger charge is -1.97. The van der Waals surface area contributed by atoms with Gasteiger partial charge in [-0.1, -0.05) is 0 Å². The molecule has 0 aliphatic carbocycles. The number of methoxy groups -OCH3 is 1. The Morgan fingerprint density at radius 1 is 1.67 bits per heavy atom. The average molecular weight is 166 g/mol. The SMILES string of the molecule is COC(=O)/C(C)=C/n1ccnc1. The van der Waals surface area contributed by atoms with Crippen molar-refractivity contribution in [2.45, 2.75) is 6.92 Å². The smallest absolute Gasteiger partial charge is 0.334 e. The zero-order chi connectivity index (χ0) is 8.97. The van der Waals surface area contributed by atoms with Crippen LogP contribution < -0.4 is 0 Å². The molecular weight excluding hydrogens is 156 g/mol. The summed E-state index contributed by atoms with van der Waals surface area (Å²) in [5, 5.41) is 0. The number of esters is 1. The van der Waals surface area contributed by atoms with Crippen LogP contribution in [0.25, 0.3) is 6.20 Å². The van der Waals surface area contributed by atoms with Gasteiger partial charge in [0.2, 0.25) is 0 Å². The first-order chi connectivity index (χ1) is 5.74. The molecule has 4 heteroatoms. The van der Waals surface area contributed by atoms with Gasteiger partial charge in [-0.05, 0) is 6.92 Å². The lowest BCUT2D eigenvalue weighted by molar-refractivity contribution is -0.135. The molecule has 1 rings (SSSR count). The molecule has 4 nitrogen and oxygen atoms in total. The number of imidazole rings is 1. The topological polar surface area (TPSA) is 44.1 Å². The van der Waals surface area contributed by atoms with E-state index in [9.17, 15) is 4.79 Å². The van der Waals surface area contributed by atoms with Crippen molar-refractivity contribution in [1.29, 1.82) is 0 Å². The van der Waals surface area contributed by atoms with Crippen LogP contribution in [-0.2, 0) is 9.53 Å². The molecule has 0 aromatic carbocycles. The number of nitrogens with zero attached hydrogens (tertiary/aromatic N) is 2. The van der Waals surface area contributed by atoms with Crippen LogP contribution in [0.15, 0.2) is 24.3 Å². The lowest BCUT2D eigenvalue weighted by Crippen LogP contribution is -2.02. The van der Waals surface area contributed by atoms with Crippen LogP contribution in [0.5, 0.6) is 0 Å². The molecule has 0 spiro atoms. The minimum absolute atomic E-state index is 0.330. The summed E-state index contributed by atoms with van der Waals surface area (Å²) < 4.78 is 6.21. The predicted octanol–water partition coefficient (Wildman–Crippen LogP) is 0.917. The maximum Gasteiger partial charge on any atom is 0.334 e. The second kappa shape index (κ2) is 3.71. The molecule has 0 saturated heterocycles. The van der Waals surface area contributed by atoms with E-state index >= 15 is 0 Å². The van der Waals surface area contributed by atoms with Gasteiger partial charge >= 0.3 is 5.97 Å². The first-order valence-corrected chi connectivity index (χ1v) is 3.48. The summed E-state index contributed by atoms with van der Waals surface area (Å²) in [5.74, 6) is -0.330. The molecule has 0 unspecified atom stereocenters. The van der Waals surface area contributed by atoms with Crippen LogP contribution in [0.4, 0.5) is 0 Å². The Bertz CT molecular complexity index is 288. The van der Waals surface area contributed by atoms with Gasteiger partial charge in [-0.25, -0.2) is 9.78 Å². The van der Waals surface area contributed by atoms with Crippen LogP contribution in [0.2, 0.25) is 0 Å². The van der Waals surface area contributed by atoms with E-state index in [4.69, 9.17) is 0 Å². The van der Waals surface area contributed by atoms with Crippen molar-refractivity contribution in [3.8, 4) is 0 Å². The third kappa shape index (κ3) is 1.95. The molecule has 0 amide bonds. The highest BCUT2D eigenvalue weighted by atomic mass is 16.5. The summed E-state index contributed by atoms with van der Waals surface area (Å²) in [6.45, 7) is 1.69. The average Bonchev–Trinajstić information content (AvgIpc) is 2.55. The van der Waals surface area contributed by atoms with E-state index < -0.39 is 0 Å². The van der Waals surface area contributed by atoms with Gasteiger partial charge in [-0.3, -0.25) is 0 Å². The van der Waals surface area contributed by atoms with Gasteiger partial charge in [0.05, 0.1) is 19.0 Å². The molecule has 0 radical (unpaired) electrons. The quantitative estimate of drug-likeness (QED) is 0.484. The fourth-order valence-electron chi connectivity index (χ4n) is 0.783. The summed E-state index contributed by atoms with van der Waals surface area (Å²) in [7, 11) is 1.35. The number of hydrogen-bond acceptors (Lipinski definition) is 3. The van der Waals surface area contributed by atoms with Crippen molar-refractivity contribution < 1.29 is 9.53 Å². The maximum atomic E-state index is 10.9. The molecule has 0 fully saturated rings. The Balaban J connectivity index is 2.76. The second-order valence-electron chi connectivity index (χ2n) is 2.31. The summed E-state index contributed by atoms with van der Waals surface area (Å²) in [5.41, 5.74) is 0.538. The molecule has 0 N–H and O–H groups in total. The van der Waals surface area contributed by atoms with Gasteiger partial charge in [0.1, 0.15) is 0 Å². The van der Waals surface area contributed by atoms with Crippen molar-refractivity contribution in [2.24, 2.45) is 0 Å². The van der Waals surface area contributed by atoms with Crippen LogP contribution in [-0.4, -0.2) is 22.6 Å². The molecule has 0 aliphatic heterocycles. The van der Waals surface area contributed by atoms with E-state index in [1.54, 1.807) is 36.4 Å². The van der Waals surface area contributed by atoms with Crippen LogP contribution in [0, 0.1) is 0 Å². The lowest BCUT2D eigenvalue weighted by atomic mass is 10.3. The van der Waals surface area contributed by atoms with E-state index in [0.29, 0.717) is 5.57 Å². The molecule has 1 aromatic rings.